The van der Waals surface area contributed by atoms with Gasteiger partial charge >= 0.3 is 0 Å². The lowest BCUT2D eigenvalue weighted by molar-refractivity contribution is -0.143. The van der Waals surface area contributed by atoms with Crippen LogP contribution in [0.15, 0.2) is 0 Å². The first-order chi connectivity index (χ1) is 11.7. The zero-order chi connectivity index (χ0) is 18.5. The number of carbonyl (C=O) groups excluding carboxylic acids is 3. The van der Waals surface area contributed by atoms with Crippen LogP contribution in [0.25, 0.3) is 0 Å². The van der Waals surface area contributed by atoms with Gasteiger partial charge in [-0.2, -0.15) is 5.26 Å². The number of hydrogen-bond acceptors (Lipinski definition) is 4. The maximum absolute atomic E-state index is 13.1. The molecule has 1 heterocycles. The molecule has 3 aliphatic rings. The molecule has 0 aromatic carbocycles. The number of likely N-dealkylation sites (tertiary alicyclic amines) is 1. The normalized spacial score (nSPS) is 31.3. The third-order valence-corrected chi connectivity index (χ3v) is 6.03. The monoisotopic (exact) mass is 346 g/mol. The molecule has 25 heavy (non-hydrogen) atoms. The number of nitriles is 1. The number of rotatable bonds is 5. The van der Waals surface area contributed by atoms with Crippen molar-refractivity contribution in [3.63, 3.8) is 0 Å². The summed E-state index contributed by atoms with van der Waals surface area (Å²) in [6, 6.07) is 0.303. The molecule has 7 nitrogen and oxygen atoms in total. The topological polar surface area (TPSA) is 102 Å². The predicted molar refractivity (Wildman–Crippen MR) is 89.8 cm³/mol. The second-order valence-corrected chi connectivity index (χ2v) is 8.26. The largest absolute Gasteiger partial charge is 0.344 e. The fourth-order valence-electron chi connectivity index (χ4n) is 4.35. The van der Waals surface area contributed by atoms with Crippen molar-refractivity contribution >= 4 is 17.7 Å². The van der Waals surface area contributed by atoms with E-state index in [0.717, 1.165) is 12.8 Å². The Balaban J connectivity index is 1.79. The highest BCUT2D eigenvalue weighted by atomic mass is 16.2. The van der Waals surface area contributed by atoms with Crippen molar-refractivity contribution in [2.24, 2.45) is 23.2 Å². The van der Waals surface area contributed by atoms with Crippen LogP contribution >= 0.6 is 0 Å². The van der Waals surface area contributed by atoms with E-state index < -0.39 is 18.1 Å². The molecule has 0 aromatic heterocycles. The molecule has 3 rings (SSSR count). The van der Waals surface area contributed by atoms with Gasteiger partial charge in [0, 0.05) is 13.5 Å². The van der Waals surface area contributed by atoms with E-state index in [1.54, 1.807) is 11.8 Å². The summed E-state index contributed by atoms with van der Waals surface area (Å²) in [5.41, 5.74) is 0.0255. The summed E-state index contributed by atoms with van der Waals surface area (Å²) in [4.78, 5) is 38.9. The predicted octanol–water partition coefficient (Wildman–Crippen LogP) is 0.412. The first-order valence-corrected chi connectivity index (χ1v) is 8.96. The fourth-order valence-corrected chi connectivity index (χ4v) is 4.35. The summed E-state index contributed by atoms with van der Waals surface area (Å²) in [5, 5.41) is 14.4. The Kier molecular flexibility index (Phi) is 4.26. The second-order valence-electron chi connectivity index (χ2n) is 8.26. The molecule has 2 saturated carbocycles. The molecule has 3 amide bonds. The van der Waals surface area contributed by atoms with Crippen molar-refractivity contribution in [2.75, 3.05) is 6.54 Å². The quantitative estimate of drug-likeness (QED) is 0.753. The van der Waals surface area contributed by atoms with Crippen molar-refractivity contribution < 1.29 is 14.4 Å². The molecule has 0 unspecified atom stereocenters. The van der Waals surface area contributed by atoms with Crippen molar-refractivity contribution in [1.82, 2.24) is 15.5 Å². The lowest BCUT2D eigenvalue weighted by Crippen LogP contribution is -2.57. The summed E-state index contributed by atoms with van der Waals surface area (Å²) in [7, 11) is 0. The van der Waals surface area contributed by atoms with Crippen molar-refractivity contribution in [3.05, 3.63) is 0 Å². The van der Waals surface area contributed by atoms with E-state index >= 15 is 0 Å². The summed E-state index contributed by atoms with van der Waals surface area (Å²) in [6.45, 7) is 7.80. The minimum absolute atomic E-state index is 0.0255. The minimum Gasteiger partial charge on any atom is -0.344 e. The Bertz CT molecular complexity index is 649. The van der Waals surface area contributed by atoms with Gasteiger partial charge in [0.25, 0.3) is 0 Å². The third-order valence-electron chi connectivity index (χ3n) is 6.03. The Morgan fingerprint density at radius 1 is 1.24 bits per heavy atom. The molecular formula is C18H26N4O3. The van der Waals surface area contributed by atoms with Gasteiger partial charge in [0.15, 0.2) is 0 Å². The Morgan fingerprint density at radius 2 is 1.88 bits per heavy atom. The molecule has 3 fully saturated rings. The zero-order valence-electron chi connectivity index (χ0n) is 15.2. The smallest absolute Gasteiger partial charge is 0.246 e. The van der Waals surface area contributed by atoms with Crippen LogP contribution in [0.2, 0.25) is 0 Å². The van der Waals surface area contributed by atoms with Crippen LogP contribution in [-0.4, -0.2) is 47.3 Å². The van der Waals surface area contributed by atoms with Crippen LogP contribution in [0.3, 0.4) is 0 Å². The van der Waals surface area contributed by atoms with Gasteiger partial charge in [0.1, 0.15) is 18.1 Å². The van der Waals surface area contributed by atoms with Crippen molar-refractivity contribution in [3.8, 4) is 6.07 Å². The van der Waals surface area contributed by atoms with Crippen LogP contribution < -0.4 is 10.6 Å². The average Bonchev–Trinajstić information content (AvgIpc) is 3.40. The van der Waals surface area contributed by atoms with Crippen molar-refractivity contribution in [2.45, 2.75) is 58.7 Å². The van der Waals surface area contributed by atoms with Crippen LogP contribution in [0.4, 0.5) is 0 Å². The summed E-state index contributed by atoms with van der Waals surface area (Å²) >= 11 is 0. The highest BCUT2D eigenvalue weighted by Crippen LogP contribution is 2.65. The van der Waals surface area contributed by atoms with Crippen molar-refractivity contribution in [1.29, 1.82) is 5.26 Å². The van der Waals surface area contributed by atoms with Gasteiger partial charge in [-0.3, -0.25) is 14.4 Å². The van der Waals surface area contributed by atoms with E-state index in [0.29, 0.717) is 12.5 Å². The Labute approximate surface area is 148 Å². The molecule has 7 heteroatoms. The molecule has 0 aromatic rings. The number of amides is 3. The first kappa shape index (κ1) is 17.7. The average molecular weight is 346 g/mol. The summed E-state index contributed by atoms with van der Waals surface area (Å²) in [5.74, 6) is -0.0817. The second kappa shape index (κ2) is 6.01. The molecule has 1 saturated heterocycles. The molecule has 0 spiro atoms. The first-order valence-electron chi connectivity index (χ1n) is 8.96. The number of hydrogen-bond donors (Lipinski definition) is 2. The van der Waals surface area contributed by atoms with E-state index in [9.17, 15) is 14.4 Å². The zero-order valence-corrected chi connectivity index (χ0v) is 15.2. The summed E-state index contributed by atoms with van der Waals surface area (Å²) in [6.07, 6.45) is 1.84. The van der Waals surface area contributed by atoms with Gasteiger partial charge in [0.2, 0.25) is 17.7 Å². The Morgan fingerprint density at radius 3 is 2.40 bits per heavy atom. The Hall–Kier alpha value is -2.10. The molecule has 5 atom stereocenters. The van der Waals surface area contributed by atoms with Gasteiger partial charge in [0.05, 0.1) is 6.07 Å². The van der Waals surface area contributed by atoms with Gasteiger partial charge in [-0.15, -0.1) is 0 Å². The van der Waals surface area contributed by atoms with E-state index in [4.69, 9.17) is 5.26 Å². The fraction of sp³-hybridized carbons (Fsp3) is 0.778. The van der Waals surface area contributed by atoms with Crippen LogP contribution in [-0.2, 0) is 14.4 Å². The minimum atomic E-state index is -0.597. The van der Waals surface area contributed by atoms with Crippen LogP contribution in [0, 0.1) is 34.5 Å². The lowest BCUT2D eigenvalue weighted by atomic mass is 9.99. The van der Waals surface area contributed by atoms with E-state index in [-0.39, 0.29) is 35.0 Å². The van der Waals surface area contributed by atoms with E-state index in [1.165, 1.54) is 6.92 Å². The maximum atomic E-state index is 13.1. The highest BCUT2D eigenvalue weighted by Gasteiger charge is 2.69. The molecule has 2 aliphatic carbocycles. The van der Waals surface area contributed by atoms with Gasteiger partial charge in [-0.05, 0) is 42.9 Å². The van der Waals surface area contributed by atoms with Gasteiger partial charge < -0.3 is 15.5 Å². The SMILES string of the molecule is CC(=O)N[C@H](C(=O)N1C[C@H]2[C@@H]([C@H]1C(=O)N[C@@H](C)C#N)C2(C)C)C1CC1. The molecular weight excluding hydrogens is 320 g/mol. The van der Waals surface area contributed by atoms with Gasteiger partial charge in [-0.1, -0.05) is 13.8 Å². The molecule has 136 valence electrons. The van der Waals surface area contributed by atoms with E-state index in [2.05, 4.69) is 24.5 Å². The van der Waals surface area contributed by atoms with Crippen LogP contribution in [0.5, 0.6) is 0 Å². The molecule has 1 aliphatic heterocycles. The summed E-state index contributed by atoms with van der Waals surface area (Å²) < 4.78 is 0. The molecule has 2 N–H and O–H groups in total. The van der Waals surface area contributed by atoms with Crippen LogP contribution in [0.1, 0.15) is 40.5 Å². The number of nitrogens with one attached hydrogen (secondary N) is 2. The number of piperidine rings is 1. The third kappa shape index (κ3) is 3.10. The molecule has 0 radical (unpaired) electrons. The van der Waals surface area contributed by atoms with Gasteiger partial charge in [-0.25, -0.2) is 0 Å². The number of carbonyl (C=O) groups is 3. The molecule has 0 bridgehead atoms. The highest BCUT2D eigenvalue weighted by molar-refractivity contribution is 5.93. The number of nitrogens with zero attached hydrogens (tertiary/aromatic N) is 2. The van der Waals surface area contributed by atoms with E-state index in [1.807, 2.05) is 6.07 Å². The maximum Gasteiger partial charge on any atom is 0.246 e. The standard InChI is InChI=1S/C18H26N4O3/c1-9(7-19)20-16(24)15-13-12(18(13,3)4)8-22(15)17(25)14(11-5-6-11)21-10(2)23/h9,11-15H,5-6,8H2,1-4H3,(H,20,24)(H,21,23)/t9-,12-,13-,14-,15-/m0/s1. The number of fused-ring (bicyclic) bond motifs is 1. The lowest BCUT2D eigenvalue weighted by Gasteiger charge is -2.33.